The quantitative estimate of drug-likeness (QED) is 0.158. The maximum absolute atomic E-state index is 13.5. The van der Waals surface area contributed by atoms with Crippen molar-refractivity contribution < 1.29 is 27.5 Å². The Kier molecular flexibility index (Phi) is 11.0. The van der Waals surface area contributed by atoms with Gasteiger partial charge in [0.25, 0.3) is 21.8 Å². The van der Waals surface area contributed by atoms with Crippen LogP contribution in [0.15, 0.2) is 113 Å². The average Bonchev–Trinajstić information content (AvgIpc) is 3.04. The molecule has 1 atom stereocenters. The van der Waals surface area contributed by atoms with Gasteiger partial charge < -0.3 is 14.8 Å². The molecule has 228 valence electrons. The van der Waals surface area contributed by atoms with Gasteiger partial charge in [-0.05, 0) is 72.6 Å². The summed E-state index contributed by atoms with van der Waals surface area (Å²) in [6.45, 7) is 1.19. The third kappa shape index (κ3) is 8.59. The number of carbonyl (C=O) groups is 2. The molecule has 12 heteroatoms. The Bertz CT molecular complexity index is 1700. The molecule has 0 saturated carbocycles. The molecule has 0 unspecified atom stereocenters. The number of carbonyl (C=O) groups excluding carboxylic acids is 2. The van der Waals surface area contributed by atoms with E-state index in [1.165, 1.54) is 43.7 Å². The lowest BCUT2D eigenvalue weighted by atomic mass is 10.1. The minimum Gasteiger partial charge on any atom is -0.495 e. The molecule has 44 heavy (non-hydrogen) atoms. The Hall–Kier alpha value is -4.87. The number of benzene rings is 4. The first-order valence-electron chi connectivity index (χ1n) is 13.5. The predicted molar refractivity (Wildman–Crippen MR) is 170 cm³/mol. The number of nitrogens with one attached hydrogen (secondary N) is 2. The van der Waals surface area contributed by atoms with Crippen LogP contribution in [0.25, 0.3) is 0 Å². The highest BCUT2D eigenvalue weighted by molar-refractivity contribution is 7.92. The van der Waals surface area contributed by atoms with Crippen molar-refractivity contribution in [1.29, 1.82) is 0 Å². The Balaban J connectivity index is 1.35. The number of halogens is 1. The zero-order chi connectivity index (χ0) is 31.5. The third-order valence-corrected chi connectivity index (χ3v) is 8.46. The summed E-state index contributed by atoms with van der Waals surface area (Å²) in [5.41, 5.74) is 4.17. The second-order valence-electron chi connectivity index (χ2n) is 9.49. The number of nitrogens with zero attached hydrogens (tertiary/aromatic N) is 2. The lowest BCUT2D eigenvalue weighted by Crippen LogP contribution is -2.39. The zero-order valence-electron chi connectivity index (χ0n) is 24.0. The van der Waals surface area contributed by atoms with Crippen molar-refractivity contribution in [3.63, 3.8) is 0 Å². The third-order valence-electron chi connectivity index (χ3n) is 6.37. The van der Waals surface area contributed by atoms with Crippen LogP contribution in [0.1, 0.15) is 24.1 Å². The van der Waals surface area contributed by atoms with Crippen LogP contribution in [0.2, 0.25) is 5.02 Å². The van der Waals surface area contributed by atoms with E-state index in [0.717, 1.165) is 9.87 Å². The van der Waals surface area contributed by atoms with E-state index in [-0.39, 0.29) is 34.2 Å². The van der Waals surface area contributed by atoms with Gasteiger partial charge in [0.1, 0.15) is 18.0 Å². The minimum absolute atomic E-state index is 0.00809. The highest BCUT2D eigenvalue weighted by Gasteiger charge is 2.27. The zero-order valence-corrected chi connectivity index (χ0v) is 25.6. The van der Waals surface area contributed by atoms with Gasteiger partial charge in [-0.15, -0.1) is 0 Å². The molecule has 2 amide bonds. The van der Waals surface area contributed by atoms with E-state index in [0.29, 0.717) is 17.1 Å². The molecule has 0 heterocycles. The van der Waals surface area contributed by atoms with E-state index in [1.807, 2.05) is 37.3 Å². The average molecular weight is 635 g/mol. The van der Waals surface area contributed by atoms with Crippen LogP contribution in [0.4, 0.5) is 5.69 Å². The molecule has 0 aliphatic rings. The summed E-state index contributed by atoms with van der Waals surface area (Å²) in [6, 6.07) is 28.4. The fourth-order valence-electron chi connectivity index (χ4n) is 4.10. The standard InChI is InChI=1S/C32H31ClN4O6S/c1-23(25-9-5-3-6-10-25)35-32(39)22-43-27-16-13-24(14-17-27)20-34-36-31(38)21-37(26-15-18-30(42-2)29(33)19-26)44(40,41)28-11-7-4-8-12-28/h3-20,23H,21-22H2,1-2H3,(H,35,39)(H,36,38)/b34-20-/t23-/m1/s1. The van der Waals surface area contributed by atoms with Crippen LogP contribution in [0, 0.1) is 0 Å². The second-order valence-corrected chi connectivity index (χ2v) is 11.8. The Morgan fingerprint density at radius 1 is 0.932 bits per heavy atom. The molecule has 0 radical (unpaired) electrons. The van der Waals surface area contributed by atoms with E-state index >= 15 is 0 Å². The van der Waals surface area contributed by atoms with Crippen molar-refractivity contribution >= 4 is 45.3 Å². The molecule has 4 aromatic rings. The molecule has 10 nitrogen and oxygen atoms in total. The first-order chi connectivity index (χ1) is 21.2. The molecule has 0 spiro atoms. The smallest absolute Gasteiger partial charge is 0.264 e. The minimum atomic E-state index is -4.12. The lowest BCUT2D eigenvalue weighted by molar-refractivity contribution is -0.123. The van der Waals surface area contributed by atoms with Crippen molar-refractivity contribution in [2.45, 2.75) is 17.9 Å². The molecule has 4 aromatic carbocycles. The summed E-state index contributed by atoms with van der Waals surface area (Å²) >= 11 is 6.25. The normalized spacial score (nSPS) is 11.9. The molecule has 0 aliphatic heterocycles. The van der Waals surface area contributed by atoms with Gasteiger partial charge in [0, 0.05) is 0 Å². The van der Waals surface area contributed by atoms with Crippen LogP contribution in [0.3, 0.4) is 0 Å². The molecular formula is C32H31ClN4O6S. The van der Waals surface area contributed by atoms with E-state index in [2.05, 4.69) is 15.8 Å². The number of anilines is 1. The molecule has 2 N–H and O–H groups in total. The number of methoxy groups -OCH3 is 1. The van der Waals surface area contributed by atoms with E-state index in [1.54, 1.807) is 42.5 Å². The molecule has 0 fully saturated rings. The van der Waals surface area contributed by atoms with E-state index in [4.69, 9.17) is 21.1 Å². The number of hydrogen-bond acceptors (Lipinski definition) is 7. The van der Waals surface area contributed by atoms with Crippen LogP contribution in [0.5, 0.6) is 11.5 Å². The summed E-state index contributed by atoms with van der Waals surface area (Å²) in [7, 11) is -2.68. The fraction of sp³-hybridized carbons (Fsp3) is 0.156. The predicted octanol–water partition coefficient (Wildman–Crippen LogP) is 4.95. The topological polar surface area (TPSA) is 126 Å². The maximum Gasteiger partial charge on any atom is 0.264 e. The number of ether oxygens (including phenoxy) is 2. The summed E-state index contributed by atoms with van der Waals surface area (Å²) in [5.74, 6) is -0.0918. The van der Waals surface area contributed by atoms with Gasteiger partial charge in [-0.2, -0.15) is 5.10 Å². The van der Waals surface area contributed by atoms with Crippen molar-refractivity contribution in [2.24, 2.45) is 5.10 Å². The summed E-state index contributed by atoms with van der Waals surface area (Å²) in [6.07, 6.45) is 1.40. The SMILES string of the molecule is COc1ccc(N(CC(=O)N/N=C\c2ccc(OCC(=O)N[C@H](C)c3ccccc3)cc2)S(=O)(=O)c2ccccc2)cc1Cl. The number of amides is 2. The Morgan fingerprint density at radius 2 is 1.59 bits per heavy atom. The number of rotatable bonds is 13. The Morgan fingerprint density at radius 3 is 2.23 bits per heavy atom. The number of hydrazone groups is 1. The molecule has 0 aromatic heterocycles. The fourth-order valence-corrected chi connectivity index (χ4v) is 5.78. The maximum atomic E-state index is 13.5. The van der Waals surface area contributed by atoms with Gasteiger partial charge in [0.2, 0.25) is 0 Å². The lowest BCUT2D eigenvalue weighted by Gasteiger charge is -2.24. The summed E-state index contributed by atoms with van der Waals surface area (Å²) in [4.78, 5) is 25.1. The van der Waals surface area contributed by atoms with E-state index < -0.39 is 22.5 Å². The van der Waals surface area contributed by atoms with Crippen molar-refractivity contribution in [3.05, 3.63) is 119 Å². The van der Waals surface area contributed by atoms with E-state index in [9.17, 15) is 18.0 Å². The Labute approximate surface area is 261 Å². The highest BCUT2D eigenvalue weighted by atomic mass is 35.5. The van der Waals surface area contributed by atoms with Gasteiger partial charge in [0.05, 0.1) is 35.0 Å². The van der Waals surface area contributed by atoms with Gasteiger partial charge in [-0.3, -0.25) is 13.9 Å². The highest BCUT2D eigenvalue weighted by Crippen LogP contribution is 2.31. The van der Waals surface area contributed by atoms with Crippen molar-refractivity contribution in [2.75, 3.05) is 24.6 Å². The molecular weight excluding hydrogens is 604 g/mol. The number of sulfonamides is 1. The van der Waals surface area contributed by atoms with Crippen LogP contribution < -0.4 is 24.5 Å². The van der Waals surface area contributed by atoms with Crippen LogP contribution in [-0.4, -0.2) is 46.7 Å². The summed E-state index contributed by atoms with van der Waals surface area (Å²) < 4.78 is 38.6. The molecule has 4 rings (SSSR count). The van der Waals surface area contributed by atoms with Gasteiger partial charge in [-0.25, -0.2) is 13.8 Å². The molecule has 0 saturated heterocycles. The first kappa shape index (κ1) is 32.1. The largest absolute Gasteiger partial charge is 0.495 e. The summed E-state index contributed by atoms with van der Waals surface area (Å²) in [5, 5.41) is 7.03. The van der Waals surface area contributed by atoms with Gasteiger partial charge in [0.15, 0.2) is 6.61 Å². The second kappa shape index (κ2) is 15.0. The van der Waals surface area contributed by atoms with Crippen molar-refractivity contribution in [3.8, 4) is 11.5 Å². The monoisotopic (exact) mass is 634 g/mol. The van der Waals surface area contributed by atoms with Crippen LogP contribution in [-0.2, 0) is 19.6 Å². The molecule has 0 aliphatic carbocycles. The molecule has 0 bridgehead atoms. The van der Waals surface area contributed by atoms with Crippen molar-refractivity contribution in [1.82, 2.24) is 10.7 Å². The number of hydrogen-bond donors (Lipinski definition) is 2. The van der Waals surface area contributed by atoms with Gasteiger partial charge in [-0.1, -0.05) is 60.1 Å². The first-order valence-corrected chi connectivity index (χ1v) is 15.3. The van der Waals surface area contributed by atoms with Gasteiger partial charge >= 0.3 is 0 Å². The van der Waals surface area contributed by atoms with Crippen LogP contribution >= 0.6 is 11.6 Å².